The second-order valence-corrected chi connectivity index (χ2v) is 11.9. The average molecular weight is 469 g/mol. The molecule has 0 amide bonds. The number of thioether (sulfide) groups is 2. The highest BCUT2D eigenvalue weighted by molar-refractivity contribution is 8.00. The quantitative estimate of drug-likeness (QED) is 0.203. The number of ether oxygens (including phenoxy) is 1. The number of hydrogen-bond donors (Lipinski definition) is 1. The molecule has 0 aliphatic heterocycles. The first-order valence-electron chi connectivity index (χ1n) is 11.2. The van der Waals surface area contributed by atoms with Gasteiger partial charge in [0, 0.05) is 0 Å². The molecule has 0 bridgehead atoms. The van der Waals surface area contributed by atoms with E-state index < -0.39 is 11.4 Å². The summed E-state index contributed by atoms with van der Waals surface area (Å²) in [6, 6.07) is 9.79. The van der Waals surface area contributed by atoms with Crippen molar-refractivity contribution in [3.8, 4) is 0 Å². The number of hydrogen-bond acceptors (Lipinski definition) is 5. The Morgan fingerprint density at radius 1 is 0.871 bits per heavy atom. The summed E-state index contributed by atoms with van der Waals surface area (Å²) in [6.45, 7) is 8.35. The number of rotatable bonds is 17. The lowest BCUT2D eigenvalue weighted by atomic mass is 9.85. The standard InChI is InChI=1S/C25H40O4S2/c1-24(2,19-22(26)27)13-8-15-30-17-10-18-31-16-9-14-25(3,4)23(28)29-20-21-11-6-5-7-12-21/h5-7,11-12H,8-10,13-20H2,1-4H3,(H,26,27). The smallest absolute Gasteiger partial charge is 0.311 e. The fourth-order valence-electron chi connectivity index (χ4n) is 3.25. The number of aliphatic carboxylic acids is 1. The topological polar surface area (TPSA) is 63.6 Å². The van der Waals surface area contributed by atoms with Crippen LogP contribution in [-0.2, 0) is 20.9 Å². The van der Waals surface area contributed by atoms with Crippen molar-refractivity contribution in [1.29, 1.82) is 0 Å². The summed E-state index contributed by atoms with van der Waals surface area (Å²) in [7, 11) is 0. The third-order valence-electron chi connectivity index (χ3n) is 5.21. The molecule has 6 heteroatoms. The first-order valence-corrected chi connectivity index (χ1v) is 13.5. The molecule has 0 spiro atoms. The number of benzene rings is 1. The summed E-state index contributed by atoms with van der Waals surface area (Å²) < 4.78 is 5.50. The maximum absolute atomic E-state index is 12.4. The van der Waals surface area contributed by atoms with Crippen LogP contribution >= 0.6 is 23.5 Å². The van der Waals surface area contributed by atoms with E-state index in [-0.39, 0.29) is 17.8 Å². The molecule has 0 aliphatic carbocycles. The zero-order valence-corrected chi connectivity index (χ0v) is 21.3. The zero-order valence-electron chi connectivity index (χ0n) is 19.7. The van der Waals surface area contributed by atoms with Crippen LogP contribution < -0.4 is 0 Å². The van der Waals surface area contributed by atoms with E-state index in [1.807, 2.05) is 81.6 Å². The van der Waals surface area contributed by atoms with Gasteiger partial charge in [0.25, 0.3) is 0 Å². The molecule has 31 heavy (non-hydrogen) atoms. The van der Waals surface area contributed by atoms with Crippen LogP contribution in [0.25, 0.3) is 0 Å². The highest BCUT2D eigenvalue weighted by Crippen LogP contribution is 2.28. The predicted molar refractivity (Wildman–Crippen MR) is 134 cm³/mol. The van der Waals surface area contributed by atoms with E-state index in [0.29, 0.717) is 6.61 Å². The van der Waals surface area contributed by atoms with Crippen LogP contribution in [0.5, 0.6) is 0 Å². The van der Waals surface area contributed by atoms with Gasteiger partial charge in [-0.2, -0.15) is 23.5 Å². The van der Waals surface area contributed by atoms with Crippen molar-refractivity contribution in [3.63, 3.8) is 0 Å². The Hall–Kier alpha value is -1.14. The third kappa shape index (κ3) is 13.8. The summed E-state index contributed by atoms with van der Waals surface area (Å²) in [6.07, 6.45) is 5.34. The highest BCUT2D eigenvalue weighted by atomic mass is 32.2. The molecule has 0 saturated heterocycles. The number of carboxylic acid groups (broad SMARTS) is 1. The summed E-state index contributed by atoms with van der Waals surface area (Å²) >= 11 is 3.93. The Balaban J connectivity index is 2.01. The predicted octanol–water partition coefficient (Wildman–Crippen LogP) is 6.67. The number of carbonyl (C=O) groups is 2. The molecule has 0 saturated carbocycles. The molecule has 4 nitrogen and oxygen atoms in total. The van der Waals surface area contributed by atoms with Gasteiger partial charge < -0.3 is 9.84 Å². The largest absolute Gasteiger partial charge is 0.481 e. The molecule has 0 aliphatic rings. The molecule has 0 atom stereocenters. The van der Waals surface area contributed by atoms with Crippen molar-refractivity contribution in [1.82, 2.24) is 0 Å². The van der Waals surface area contributed by atoms with E-state index in [0.717, 1.165) is 54.3 Å². The average Bonchev–Trinajstić information content (AvgIpc) is 2.69. The molecule has 0 unspecified atom stereocenters. The molecular formula is C25H40O4S2. The van der Waals surface area contributed by atoms with Gasteiger partial charge in [0.05, 0.1) is 11.8 Å². The SMILES string of the molecule is CC(C)(CCCSCCCSCCCC(C)(C)C(=O)OCc1ccccc1)CC(=O)O. The minimum absolute atomic E-state index is 0.107. The van der Waals surface area contributed by atoms with E-state index in [9.17, 15) is 9.59 Å². The minimum Gasteiger partial charge on any atom is -0.481 e. The van der Waals surface area contributed by atoms with Crippen molar-refractivity contribution in [3.05, 3.63) is 35.9 Å². The van der Waals surface area contributed by atoms with Crippen molar-refractivity contribution >= 4 is 35.5 Å². The first-order chi connectivity index (χ1) is 14.6. The van der Waals surface area contributed by atoms with Crippen LogP contribution in [0.3, 0.4) is 0 Å². The first kappa shape index (κ1) is 27.9. The molecule has 1 rings (SSSR count). The van der Waals surface area contributed by atoms with Crippen LogP contribution in [0, 0.1) is 10.8 Å². The molecule has 0 fully saturated rings. The Bertz CT molecular complexity index is 644. The van der Waals surface area contributed by atoms with Gasteiger partial charge in [0.2, 0.25) is 0 Å². The van der Waals surface area contributed by atoms with E-state index in [2.05, 4.69) is 0 Å². The lowest BCUT2D eigenvalue weighted by molar-refractivity contribution is -0.155. The van der Waals surface area contributed by atoms with Crippen LogP contribution in [0.2, 0.25) is 0 Å². The van der Waals surface area contributed by atoms with Gasteiger partial charge in [0.15, 0.2) is 0 Å². The Kier molecular flexibility index (Phi) is 13.3. The van der Waals surface area contributed by atoms with Gasteiger partial charge >= 0.3 is 11.9 Å². The van der Waals surface area contributed by atoms with Gasteiger partial charge in [-0.3, -0.25) is 9.59 Å². The van der Waals surface area contributed by atoms with Crippen LogP contribution in [0.1, 0.15) is 71.8 Å². The molecular weight excluding hydrogens is 428 g/mol. The van der Waals surface area contributed by atoms with Gasteiger partial charge in [-0.25, -0.2) is 0 Å². The molecule has 0 radical (unpaired) electrons. The third-order valence-corrected chi connectivity index (χ3v) is 7.51. The van der Waals surface area contributed by atoms with E-state index >= 15 is 0 Å². The van der Waals surface area contributed by atoms with Crippen LogP contribution in [-0.4, -0.2) is 40.1 Å². The summed E-state index contributed by atoms with van der Waals surface area (Å²) in [5.41, 5.74) is 0.466. The van der Waals surface area contributed by atoms with Crippen molar-refractivity contribution < 1.29 is 19.4 Å². The maximum Gasteiger partial charge on any atom is 0.311 e. The second kappa shape index (κ2) is 14.8. The number of esters is 1. The van der Waals surface area contributed by atoms with E-state index in [4.69, 9.17) is 9.84 Å². The van der Waals surface area contributed by atoms with E-state index in [1.54, 1.807) is 0 Å². The fourth-order valence-corrected chi connectivity index (χ4v) is 5.24. The Labute approximate surface area is 197 Å². The van der Waals surface area contributed by atoms with Crippen molar-refractivity contribution in [2.24, 2.45) is 10.8 Å². The Morgan fingerprint density at radius 3 is 2.00 bits per heavy atom. The lowest BCUT2D eigenvalue weighted by Crippen LogP contribution is -2.26. The molecule has 1 aromatic carbocycles. The number of carboxylic acids is 1. The van der Waals surface area contributed by atoms with Gasteiger partial charge in [0.1, 0.15) is 6.61 Å². The summed E-state index contributed by atoms with van der Waals surface area (Å²) in [4.78, 5) is 23.2. The summed E-state index contributed by atoms with van der Waals surface area (Å²) in [5.74, 6) is 3.66. The van der Waals surface area contributed by atoms with Gasteiger partial charge in [-0.15, -0.1) is 0 Å². The van der Waals surface area contributed by atoms with Crippen LogP contribution in [0.15, 0.2) is 30.3 Å². The summed E-state index contributed by atoms with van der Waals surface area (Å²) in [5, 5.41) is 8.92. The van der Waals surface area contributed by atoms with Gasteiger partial charge in [-0.1, -0.05) is 44.2 Å². The molecule has 176 valence electrons. The fraction of sp³-hybridized carbons (Fsp3) is 0.680. The normalized spacial score (nSPS) is 12.0. The molecule has 0 aromatic heterocycles. The number of carbonyl (C=O) groups excluding carboxylic acids is 1. The molecule has 0 heterocycles. The van der Waals surface area contributed by atoms with E-state index in [1.165, 1.54) is 6.42 Å². The second-order valence-electron chi connectivity index (χ2n) is 9.47. The van der Waals surface area contributed by atoms with Crippen molar-refractivity contribution in [2.45, 2.75) is 72.8 Å². The zero-order chi connectivity index (χ0) is 23.2. The maximum atomic E-state index is 12.4. The van der Waals surface area contributed by atoms with Crippen LogP contribution in [0.4, 0.5) is 0 Å². The molecule has 1 aromatic rings. The molecule has 1 N–H and O–H groups in total. The minimum atomic E-state index is -0.706. The lowest BCUT2D eigenvalue weighted by Gasteiger charge is -2.22. The van der Waals surface area contributed by atoms with Crippen molar-refractivity contribution in [2.75, 3.05) is 23.0 Å². The Morgan fingerprint density at radius 2 is 1.42 bits per heavy atom. The highest BCUT2D eigenvalue weighted by Gasteiger charge is 2.28. The van der Waals surface area contributed by atoms with Gasteiger partial charge in [-0.05, 0) is 79.9 Å². The monoisotopic (exact) mass is 468 g/mol.